The number of aromatic nitrogens is 1. The van der Waals surface area contributed by atoms with Gasteiger partial charge in [-0.25, -0.2) is 0 Å². The Kier molecular flexibility index (Phi) is 2.68. The molecule has 11 heavy (non-hydrogen) atoms. The van der Waals surface area contributed by atoms with Crippen LogP contribution >= 0.6 is 11.6 Å². The minimum Gasteiger partial charge on any atom is -0.495 e. The molecule has 0 aliphatic carbocycles. The van der Waals surface area contributed by atoms with Gasteiger partial charge in [0.2, 0.25) is 0 Å². The van der Waals surface area contributed by atoms with E-state index in [0.29, 0.717) is 23.0 Å². The van der Waals surface area contributed by atoms with Gasteiger partial charge in [0.25, 0.3) is 0 Å². The number of hydrogen-bond donors (Lipinski definition) is 1. The predicted molar refractivity (Wildman–Crippen MR) is 43.7 cm³/mol. The van der Waals surface area contributed by atoms with Crippen LogP contribution in [0.1, 0.15) is 5.69 Å². The highest BCUT2D eigenvalue weighted by Gasteiger charge is 2.04. The molecule has 0 fully saturated rings. The number of rotatable bonds is 2. The first-order valence-electron chi connectivity index (χ1n) is 3.17. The zero-order valence-corrected chi connectivity index (χ0v) is 6.93. The summed E-state index contributed by atoms with van der Waals surface area (Å²) in [5.74, 6) is 0.613. The molecule has 0 aromatic carbocycles. The van der Waals surface area contributed by atoms with Gasteiger partial charge >= 0.3 is 0 Å². The molecule has 0 saturated carbocycles. The fourth-order valence-corrected chi connectivity index (χ4v) is 1.03. The second kappa shape index (κ2) is 3.55. The molecule has 3 nitrogen and oxygen atoms in total. The Labute approximate surface area is 70.1 Å². The summed E-state index contributed by atoms with van der Waals surface area (Å²) in [6.07, 6.45) is 1.62. The first kappa shape index (κ1) is 8.30. The third kappa shape index (κ3) is 1.61. The molecule has 0 aliphatic heterocycles. The lowest BCUT2D eigenvalue weighted by atomic mass is 10.3. The van der Waals surface area contributed by atoms with Gasteiger partial charge < -0.3 is 10.5 Å². The summed E-state index contributed by atoms with van der Waals surface area (Å²) in [4.78, 5) is 3.97. The van der Waals surface area contributed by atoms with E-state index in [2.05, 4.69) is 4.98 Å². The molecule has 0 aliphatic rings. The molecule has 0 amide bonds. The molecule has 1 rings (SSSR count). The van der Waals surface area contributed by atoms with Crippen LogP contribution in [-0.2, 0) is 6.54 Å². The van der Waals surface area contributed by atoms with Gasteiger partial charge in [0.1, 0.15) is 10.8 Å². The average molecular weight is 173 g/mol. The molecule has 2 N–H and O–H groups in total. The molecule has 0 saturated heterocycles. The standard InChI is InChI=1S/C7H9ClN2O/c1-11-6-2-3-10-5(4-9)7(6)8/h2-3H,4,9H2,1H3. The number of pyridine rings is 1. The van der Waals surface area contributed by atoms with E-state index in [1.807, 2.05) is 0 Å². The molecule has 1 aromatic heterocycles. The highest BCUT2D eigenvalue weighted by molar-refractivity contribution is 6.32. The fourth-order valence-electron chi connectivity index (χ4n) is 0.767. The maximum Gasteiger partial charge on any atom is 0.140 e. The molecule has 0 bridgehead atoms. The maximum atomic E-state index is 5.84. The highest BCUT2D eigenvalue weighted by Crippen LogP contribution is 2.25. The number of methoxy groups -OCH3 is 1. The Bertz CT molecular complexity index is 230. The van der Waals surface area contributed by atoms with E-state index in [9.17, 15) is 0 Å². The zero-order valence-electron chi connectivity index (χ0n) is 6.17. The lowest BCUT2D eigenvalue weighted by Crippen LogP contribution is -2.01. The normalized spacial score (nSPS) is 9.73. The Morgan fingerprint density at radius 2 is 2.45 bits per heavy atom. The van der Waals surface area contributed by atoms with Crippen LogP contribution in [0, 0.1) is 0 Å². The molecule has 0 unspecified atom stereocenters. The summed E-state index contributed by atoms with van der Waals surface area (Å²) in [6, 6.07) is 1.70. The highest BCUT2D eigenvalue weighted by atomic mass is 35.5. The van der Waals surface area contributed by atoms with Gasteiger partial charge in [0.15, 0.2) is 0 Å². The van der Waals surface area contributed by atoms with Crippen molar-refractivity contribution >= 4 is 11.6 Å². The quantitative estimate of drug-likeness (QED) is 0.730. The van der Waals surface area contributed by atoms with Gasteiger partial charge in [0.05, 0.1) is 12.8 Å². The van der Waals surface area contributed by atoms with Gasteiger partial charge in [-0.3, -0.25) is 4.98 Å². The van der Waals surface area contributed by atoms with Crippen LogP contribution in [0.15, 0.2) is 12.3 Å². The van der Waals surface area contributed by atoms with Crippen LogP contribution in [0.25, 0.3) is 0 Å². The summed E-state index contributed by atoms with van der Waals surface area (Å²) >= 11 is 5.84. The van der Waals surface area contributed by atoms with Crippen LogP contribution in [0.5, 0.6) is 5.75 Å². The summed E-state index contributed by atoms with van der Waals surface area (Å²) in [5.41, 5.74) is 6.03. The van der Waals surface area contributed by atoms with E-state index >= 15 is 0 Å². The van der Waals surface area contributed by atoms with E-state index in [0.717, 1.165) is 0 Å². The molecule has 60 valence electrons. The first-order chi connectivity index (χ1) is 5.29. The Morgan fingerprint density at radius 1 is 1.73 bits per heavy atom. The minimum atomic E-state index is 0.329. The molecular formula is C7H9ClN2O. The lowest BCUT2D eigenvalue weighted by Gasteiger charge is -2.04. The number of halogens is 1. The molecule has 0 spiro atoms. The van der Waals surface area contributed by atoms with E-state index in [-0.39, 0.29) is 0 Å². The smallest absolute Gasteiger partial charge is 0.140 e. The number of ether oxygens (including phenoxy) is 1. The summed E-state index contributed by atoms with van der Waals surface area (Å²) < 4.78 is 4.96. The first-order valence-corrected chi connectivity index (χ1v) is 3.54. The van der Waals surface area contributed by atoms with Crippen molar-refractivity contribution in [2.24, 2.45) is 5.73 Å². The molecule has 1 aromatic rings. The summed E-state index contributed by atoms with van der Waals surface area (Å²) in [6.45, 7) is 0.329. The molecule has 0 atom stereocenters. The van der Waals surface area contributed by atoms with Gasteiger partial charge in [-0.05, 0) is 0 Å². The van der Waals surface area contributed by atoms with Gasteiger partial charge in [-0.15, -0.1) is 0 Å². The van der Waals surface area contributed by atoms with Crippen molar-refractivity contribution in [1.82, 2.24) is 4.98 Å². The van der Waals surface area contributed by atoms with Gasteiger partial charge in [-0.2, -0.15) is 0 Å². The Morgan fingerprint density at radius 3 is 3.00 bits per heavy atom. The van der Waals surface area contributed by atoms with Crippen molar-refractivity contribution in [3.8, 4) is 5.75 Å². The molecule has 0 radical (unpaired) electrons. The number of nitrogens with zero attached hydrogens (tertiary/aromatic N) is 1. The van der Waals surface area contributed by atoms with Gasteiger partial charge in [-0.1, -0.05) is 11.6 Å². The van der Waals surface area contributed by atoms with E-state index in [1.54, 1.807) is 19.4 Å². The van der Waals surface area contributed by atoms with Crippen molar-refractivity contribution in [1.29, 1.82) is 0 Å². The van der Waals surface area contributed by atoms with E-state index in [1.165, 1.54) is 0 Å². The van der Waals surface area contributed by atoms with Crippen molar-refractivity contribution in [3.05, 3.63) is 23.0 Å². The number of hydrogen-bond acceptors (Lipinski definition) is 3. The van der Waals surface area contributed by atoms with Gasteiger partial charge in [0, 0.05) is 18.8 Å². The van der Waals surface area contributed by atoms with Crippen molar-refractivity contribution in [3.63, 3.8) is 0 Å². The van der Waals surface area contributed by atoms with E-state index < -0.39 is 0 Å². The maximum absolute atomic E-state index is 5.84. The van der Waals surface area contributed by atoms with Crippen molar-refractivity contribution < 1.29 is 4.74 Å². The Balaban J connectivity index is 3.10. The predicted octanol–water partition coefficient (Wildman–Crippen LogP) is 1.20. The third-order valence-electron chi connectivity index (χ3n) is 1.34. The van der Waals surface area contributed by atoms with E-state index in [4.69, 9.17) is 22.1 Å². The SMILES string of the molecule is COc1ccnc(CN)c1Cl. The van der Waals surface area contributed by atoms with Crippen LogP contribution in [0.3, 0.4) is 0 Å². The Hall–Kier alpha value is -0.800. The minimum absolute atomic E-state index is 0.329. The third-order valence-corrected chi connectivity index (χ3v) is 1.74. The van der Waals surface area contributed by atoms with Crippen molar-refractivity contribution in [2.45, 2.75) is 6.54 Å². The largest absolute Gasteiger partial charge is 0.495 e. The second-order valence-corrected chi connectivity index (χ2v) is 2.36. The topological polar surface area (TPSA) is 48.1 Å². The van der Waals surface area contributed by atoms with Crippen molar-refractivity contribution in [2.75, 3.05) is 7.11 Å². The lowest BCUT2D eigenvalue weighted by molar-refractivity contribution is 0.414. The number of nitrogens with two attached hydrogens (primary N) is 1. The zero-order chi connectivity index (χ0) is 8.27. The van der Waals surface area contributed by atoms with Crippen LogP contribution < -0.4 is 10.5 Å². The molecular weight excluding hydrogens is 164 g/mol. The molecule has 4 heteroatoms. The monoisotopic (exact) mass is 172 g/mol. The molecule has 1 heterocycles. The van der Waals surface area contributed by atoms with Crippen LogP contribution in [-0.4, -0.2) is 12.1 Å². The second-order valence-electron chi connectivity index (χ2n) is 1.98. The van der Waals surface area contributed by atoms with Crippen LogP contribution in [0.2, 0.25) is 5.02 Å². The summed E-state index contributed by atoms with van der Waals surface area (Å²) in [5, 5.41) is 0.498. The van der Waals surface area contributed by atoms with Crippen LogP contribution in [0.4, 0.5) is 0 Å². The average Bonchev–Trinajstić information content (AvgIpc) is 2.05. The summed E-state index contributed by atoms with van der Waals surface area (Å²) in [7, 11) is 1.56. The fraction of sp³-hybridized carbons (Fsp3) is 0.286.